The number of rotatable bonds is 7. The highest BCUT2D eigenvalue weighted by atomic mass is 16.6. The number of likely N-dealkylation sites (tertiary alicyclic amines) is 1. The lowest BCUT2D eigenvalue weighted by molar-refractivity contribution is -0.384. The Labute approximate surface area is 167 Å². The van der Waals surface area contributed by atoms with Crippen LogP contribution in [0, 0.1) is 10.1 Å². The molecule has 0 spiro atoms. The molecule has 2 aromatic carbocycles. The summed E-state index contributed by atoms with van der Waals surface area (Å²) in [7, 11) is 2.97. The number of benzene rings is 2. The number of hydrogen-bond donors (Lipinski definition) is 0. The summed E-state index contributed by atoms with van der Waals surface area (Å²) in [6.07, 6.45) is 1.17. The lowest BCUT2D eigenvalue weighted by Crippen LogP contribution is -2.42. The second kappa shape index (κ2) is 8.59. The van der Waals surface area contributed by atoms with Crippen molar-refractivity contribution in [3.8, 4) is 11.5 Å². The number of non-ortho nitro benzene ring substituents is 1. The maximum Gasteiger partial charge on any atom is 0.269 e. The number of ether oxygens (including phenoxy) is 2. The van der Waals surface area contributed by atoms with Crippen LogP contribution in [0.2, 0.25) is 0 Å². The molecule has 1 aliphatic heterocycles. The minimum absolute atomic E-state index is 0.0343. The van der Waals surface area contributed by atoms with Crippen LogP contribution in [0.1, 0.15) is 23.2 Å². The summed E-state index contributed by atoms with van der Waals surface area (Å²) in [5.74, 6) is 0.492. The molecule has 1 saturated heterocycles. The summed E-state index contributed by atoms with van der Waals surface area (Å²) >= 11 is 0. The Hall–Kier alpha value is -3.62. The van der Waals surface area contributed by atoms with E-state index >= 15 is 0 Å². The second-order valence-electron chi connectivity index (χ2n) is 6.51. The van der Waals surface area contributed by atoms with E-state index in [-0.39, 0.29) is 24.2 Å². The normalized spacial score (nSPS) is 13.3. The molecule has 0 aliphatic carbocycles. The highest BCUT2D eigenvalue weighted by molar-refractivity contribution is 6.06. The summed E-state index contributed by atoms with van der Waals surface area (Å²) < 4.78 is 10.5. The number of amides is 2. The van der Waals surface area contributed by atoms with E-state index in [9.17, 15) is 19.7 Å². The van der Waals surface area contributed by atoms with Gasteiger partial charge in [-0.2, -0.15) is 0 Å². The summed E-state index contributed by atoms with van der Waals surface area (Å²) in [5.41, 5.74) is 0.676. The predicted octanol–water partition coefficient (Wildman–Crippen LogP) is 2.84. The quantitative estimate of drug-likeness (QED) is 0.524. The van der Waals surface area contributed by atoms with Gasteiger partial charge in [-0.15, -0.1) is 0 Å². The Kier molecular flexibility index (Phi) is 5.96. The van der Waals surface area contributed by atoms with Crippen molar-refractivity contribution in [2.24, 2.45) is 0 Å². The van der Waals surface area contributed by atoms with Crippen LogP contribution in [-0.2, 0) is 4.79 Å². The number of nitrogens with zero attached hydrogens (tertiary/aromatic N) is 3. The van der Waals surface area contributed by atoms with Gasteiger partial charge in [0.15, 0.2) is 0 Å². The van der Waals surface area contributed by atoms with Gasteiger partial charge in [0.1, 0.15) is 18.2 Å². The number of carbonyl (C=O) groups is 2. The maximum atomic E-state index is 13.3. The van der Waals surface area contributed by atoms with Crippen LogP contribution >= 0.6 is 0 Å². The van der Waals surface area contributed by atoms with Crippen LogP contribution in [0.15, 0.2) is 42.5 Å². The number of hydrogen-bond acceptors (Lipinski definition) is 6. The predicted molar refractivity (Wildman–Crippen MR) is 105 cm³/mol. The van der Waals surface area contributed by atoms with Gasteiger partial charge < -0.3 is 14.4 Å². The van der Waals surface area contributed by atoms with E-state index in [0.29, 0.717) is 35.7 Å². The van der Waals surface area contributed by atoms with E-state index in [1.54, 1.807) is 23.1 Å². The van der Waals surface area contributed by atoms with Crippen LogP contribution in [-0.4, -0.2) is 49.1 Å². The largest absolute Gasteiger partial charge is 0.497 e. The molecule has 2 aromatic rings. The van der Waals surface area contributed by atoms with Crippen molar-refractivity contribution < 1.29 is 24.0 Å². The zero-order valence-electron chi connectivity index (χ0n) is 16.2. The molecule has 0 aromatic heterocycles. The van der Waals surface area contributed by atoms with E-state index in [0.717, 1.165) is 6.42 Å². The maximum absolute atomic E-state index is 13.3. The average Bonchev–Trinajstić information content (AvgIpc) is 3.15. The fraction of sp³-hybridized carbons (Fsp3) is 0.300. The third-order valence-electron chi connectivity index (χ3n) is 4.70. The molecule has 1 heterocycles. The van der Waals surface area contributed by atoms with Gasteiger partial charge in [0.2, 0.25) is 5.91 Å². The summed E-state index contributed by atoms with van der Waals surface area (Å²) in [5, 5.41) is 10.9. The van der Waals surface area contributed by atoms with Crippen LogP contribution in [0.4, 0.5) is 11.4 Å². The lowest BCUT2D eigenvalue weighted by Gasteiger charge is -2.28. The van der Waals surface area contributed by atoms with E-state index in [1.807, 2.05) is 0 Å². The number of nitro groups is 1. The second-order valence-corrected chi connectivity index (χ2v) is 6.51. The first kappa shape index (κ1) is 20.1. The fourth-order valence-electron chi connectivity index (χ4n) is 3.13. The van der Waals surface area contributed by atoms with Crippen LogP contribution < -0.4 is 14.4 Å². The SMILES string of the molecule is COc1cc(OC)cc(C(=O)N(CN2CCCC2=O)c2ccc([N+](=O)[O-])cc2)c1. The van der Waals surface area contributed by atoms with Crippen molar-refractivity contribution in [3.63, 3.8) is 0 Å². The molecule has 0 N–H and O–H groups in total. The van der Waals surface area contributed by atoms with Gasteiger partial charge in [0.25, 0.3) is 11.6 Å². The average molecular weight is 399 g/mol. The number of carbonyl (C=O) groups excluding carboxylic acids is 2. The van der Waals surface area contributed by atoms with Gasteiger partial charge in [-0.25, -0.2) is 0 Å². The lowest BCUT2D eigenvalue weighted by atomic mass is 10.1. The summed E-state index contributed by atoms with van der Waals surface area (Å²) in [6, 6.07) is 10.4. The van der Waals surface area contributed by atoms with Gasteiger partial charge >= 0.3 is 0 Å². The Morgan fingerprint density at radius 2 is 1.76 bits per heavy atom. The van der Waals surface area contributed by atoms with E-state index in [2.05, 4.69) is 0 Å². The zero-order chi connectivity index (χ0) is 21.0. The molecule has 1 fully saturated rings. The monoisotopic (exact) mass is 399 g/mol. The van der Waals surface area contributed by atoms with Gasteiger partial charge in [-0.1, -0.05) is 0 Å². The molecule has 152 valence electrons. The molecule has 2 amide bonds. The molecular weight excluding hydrogens is 378 g/mol. The molecule has 0 atom stereocenters. The van der Waals surface area contributed by atoms with Crippen LogP contribution in [0.25, 0.3) is 0 Å². The Morgan fingerprint density at radius 1 is 1.14 bits per heavy atom. The van der Waals surface area contributed by atoms with Crippen molar-refractivity contribution in [2.75, 3.05) is 32.3 Å². The molecule has 0 radical (unpaired) electrons. The Balaban J connectivity index is 1.98. The van der Waals surface area contributed by atoms with E-state index in [4.69, 9.17) is 9.47 Å². The minimum Gasteiger partial charge on any atom is -0.497 e. The first-order valence-electron chi connectivity index (χ1n) is 9.00. The fourth-order valence-corrected chi connectivity index (χ4v) is 3.13. The highest BCUT2D eigenvalue weighted by Crippen LogP contribution is 2.27. The number of anilines is 1. The van der Waals surface area contributed by atoms with E-state index in [1.165, 1.54) is 43.4 Å². The standard InChI is InChI=1S/C20H21N3O6/c1-28-17-10-14(11-18(12-17)29-2)20(25)22(13-21-9-3-4-19(21)24)15-5-7-16(8-6-15)23(26)27/h5-8,10-12H,3-4,9,13H2,1-2H3. The van der Waals surface area contributed by atoms with Crippen molar-refractivity contribution in [2.45, 2.75) is 12.8 Å². The molecule has 0 unspecified atom stereocenters. The Bertz CT molecular complexity index is 906. The molecule has 1 aliphatic rings. The van der Waals surface area contributed by atoms with Gasteiger partial charge in [-0.05, 0) is 30.7 Å². The molecule has 0 saturated carbocycles. The number of nitro benzene ring substituents is 1. The van der Waals surface area contributed by atoms with Crippen molar-refractivity contribution in [3.05, 3.63) is 58.1 Å². The smallest absolute Gasteiger partial charge is 0.269 e. The third-order valence-corrected chi connectivity index (χ3v) is 4.70. The summed E-state index contributed by atoms with van der Waals surface area (Å²) in [4.78, 5) is 38.9. The van der Waals surface area contributed by atoms with Crippen molar-refractivity contribution in [1.82, 2.24) is 4.90 Å². The van der Waals surface area contributed by atoms with Crippen molar-refractivity contribution >= 4 is 23.2 Å². The van der Waals surface area contributed by atoms with Gasteiger partial charge in [-0.3, -0.25) is 24.6 Å². The molecule has 3 rings (SSSR count). The zero-order valence-corrected chi connectivity index (χ0v) is 16.2. The topological polar surface area (TPSA) is 102 Å². The highest BCUT2D eigenvalue weighted by Gasteiger charge is 2.27. The van der Waals surface area contributed by atoms with Crippen LogP contribution in [0.3, 0.4) is 0 Å². The van der Waals surface area contributed by atoms with E-state index < -0.39 is 4.92 Å². The van der Waals surface area contributed by atoms with Gasteiger partial charge in [0.05, 0.1) is 19.1 Å². The summed E-state index contributed by atoms with van der Waals surface area (Å²) in [6.45, 7) is 0.603. The van der Waals surface area contributed by atoms with Crippen LogP contribution in [0.5, 0.6) is 11.5 Å². The Morgan fingerprint density at radius 3 is 2.24 bits per heavy atom. The molecule has 9 nitrogen and oxygen atoms in total. The first-order valence-corrected chi connectivity index (χ1v) is 9.00. The number of methoxy groups -OCH3 is 2. The molecule has 0 bridgehead atoms. The molecule has 29 heavy (non-hydrogen) atoms. The third kappa shape index (κ3) is 4.45. The van der Waals surface area contributed by atoms with Gasteiger partial charge in [0, 0.05) is 42.4 Å². The first-order chi connectivity index (χ1) is 13.9. The molecular formula is C20H21N3O6. The molecule has 9 heteroatoms. The minimum atomic E-state index is -0.507. The van der Waals surface area contributed by atoms with Crippen molar-refractivity contribution in [1.29, 1.82) is 0 Å².